The van der Waals surface area contributed by atoms with Crippen molar-refractivity contribution in [2.24, 2.45) is 23.7 Å². The predicted molar refractivity (Wildman–Crippen MR) is 54.3 cm³/mol. The molecule has 0 aliphatic heterocycles. The van der Waals surface area contributed by atoms with Crippen molar-refractivity contribution in [2.45, 2.75) is 26.7 Å². The highest BCUT2D eigenvalue weighted by atomic mass is 16.3. The Morgan fingerprint density at radius 1 is 1.29 bits per heavy atom. The zero-order valence-corrected chi connectivity index (χ0v) is 8.83. The van der Waals surface area contributed by atoms with Gasteiger partial charge in [0.2, 0.25) is 0 Å². The molecular weight excluding hydrogens is 174 g/mol. The fourth-order valence-corrected chi connectivity index (χ4v) is 3.46. The number of fused-ring (bicyclic) bond motifs is 2. The van der Waals surface area contributed by atoms with E-state index in [9.17, 15) is 5.11 Å². The van der Waals surface area contributed by atoms with Crippen LogP contribution in [0.1, 0.15) is 26.7 Å². The Morgan fingerprint density at radius 2 is 1.86 bits per heavy atom. The maximum Gasteiger partial charge on any atom is 0.0625 e. The van der Waals surface area contributed by atoms with Gasteiger partial charge in [-0.05, 0) is 43.9 Å². The third-order valence-electron chi connectivity index (χ3n) is 4.36. The maximum atomic E-state index is 9.36. The third kappa shape index (κ3) is 1.12. The van der Waals surface area contributed by atoms with Gasteiger partial charge >= 0.3 is 0 Å². The lowest BCUT2D eigenvalue weighted by Gasteiger charge is -2.29. The Hall–Kier alpha value is -0.810. The monoisotopic (exact) mass is 191 g/mol. The quantitative estimate of drug-likeness (QED) is 0.679. The SMILES string of the molecule is CC1=C(C)[C@@H]2C[C@H]1C(CC#N)[C@H]2CO. The van der Waals surface area contributed by atoms with E-state index in [4.69, 9.17) is 5.26 Å². The fraction of sp³-hybridized carbons (Fsp3) is 0.750. The molecule has 76 valence electrons. The van der Waals surface area contributed by atoms with Crippen molar-refractivity contribution in [3.8, 4) is 6.07 Å². The van der Waals surface area contributed by atoms with Crippen molar-refractivity contribution >= 4 is 0 Å². The standard InChI is InChI=1S/C12H17NO/c1-7-8(2)11-5-10(7)9(3-4-13)12(11)6-14/h9-12,14H,3,5-6H2,1-2H3/t9?,10-,11+,12-/m1/s1. The average molecular weight is 191 g/mol. The first-order valence-corrected chi connectivity index (χ1v) is 5.35. The number of hydrogen-bond acceptors (Lipinski definition) is 2. The largest absolute Gasteiger partial charge is 0.396 e. The first kappa shape index (κ1) is 9.73. The summed E-state index contributed by atoms with van der Waals surface area (Å²) >= 11 is 0. The summed E-state index contributed by atoms with van der Waals surface area (Å²) in [6.45, 7) is 4.63. The van der Waals surface area contributed by atoms with E-state index < -0.39 is 0 Å². The van der Waals surface area contributed by atoms with Crippen molar-refractivity contribution in [1.29, 1.82) is 5.26 Å². The van der Waals surface area contributed by atoms with Crippen molar-refractivity contribution in [2.75, 3.05) is 6.61 Å². The molecule has 0 radical (unpaired) electrons. The summed E-state index contributed by atoms with van der Waals surface area (Å²) in [7, 11) is 0. The first-order valence-electron chi connectivity index (χ1n) is 5.35. The highest BCUT2D eigenvalue weighted by Crippen LogP contribution is 2.55. The van der Waals surface area contributed by atoms with Crippen LogP contribution in [0, 0.1) is 35.0 Å². The highest BCUT2D eigenvalue weighted by Gasteiger charge is 2.48. The van der Waals surface area contributed by atoms with Gasteiger partial charge in [-0.3, -0.25) is 0 Å². The molecule has 0 spiro atoms. The topological polar surface area (TPSA) is 44.0 Å². The molecule has 2 nitrogen and oxygen atoms in total. The molecule has 1 N–H and O–H groups in total. The molecule has 0 aromatic heterocycles. The zero-order chi connectivity index (χ0) is 10.3. The molecule has 0 saturated heterocycles. The number of aliphatic hydroxyl groups excluding tert-OH is 1. The minimum absolute atomic E-state index is 0.248. The molecule has 1 saturated carbocycles. The molecule has 2 aliphatic carbocycles. The smallest absolute Gasteiger partial charge is 0.0625 e. The Bertz CT molecular complexity index is 313. The molecule has 0 aromatic rings. The summed E-state index contributed by atoms with van der Waals surface area (Å²) in [6.07, 6.45) is 1.78. The second-order valence-electron chi connectivity index (χ2n) is 4.69. The van der Waals surface area contributed by atoms with E-state index in [1.165, 1.54) is 17.6 Å². The Morgan fingerprint density at radius 3 is 2.36 bits per heavy atom. The lowest BCUT2D eigenvalue weighted by molar-refractivity contribution is 0.159. The van der Waals surface area contributed by atoms with Crippen LogP contribution in [0.2, 0.25) is 0 Å². The molecule has 4 atom stereocenters. The van der Waals surface area contributed by atoms with Gasteiger partial charge in [0.05, 0.1) is 6.07 Å². The van der Waals surface area contributed by atoms with Crippen LogP contribution in [-0.4, -0.2) is 11.7 Å². The summed E-state index contributed by atoms with van der Waals surface area (Å²) in [5, 5.41) is 18.1. The van der Waals surface area contributed by atoms with Gasteiger partial charge in [-0.1, -0.05) is 11.1 Å². The van der Waals surface area contributed by atoms with Crippen LogP contribution in [0.3, 0.4) is 0 Å². The van der Waals surface area contributed by atoms with Crippen LogP contribution in [0.4, 0.5) is 0 Å². The third-order valence-corrected chi connectivity index (χ3v) is 4.36. The average Bonchev–Trinajstić information content (AvgIpc) is 2.66. The van der Waals surface area contributed by atoms with Crippen molar-refractivity contribution in [3.63, 3.8) is 0 Å². The van der Waals surface area contributed by atoms with Crippen LogP contribution in [0.25, 0.3) is 0 Å². The molecule has 2 bridgehead atoms. The molecule has 2 rings (SSSR count). The Labute approximate surface area is 85.2 Å². The predicted octanol–water partition coefficient (Wildman–Crippen LogP) is 2.11. The van der Waals surface area contributed by atoms with Crippen molar-refractivity contribution < 1.29 is 5.11 Å². The molecular formula is C12H17NO. The molecule has 2 aliphatic rings. The summed E-state index contributed by atoms with van der Waals surface area (Å²) < 4.78 is 0. The van der Waals surface area contributed by atoms with E-state index in [2.05, 4.69) is 19.9 Å². The highest BCUT2D eigenvalue weighted by molar-refractivity contribution is 5.29. The van der Waals surface area contributed by atoms with Crippen LogP contribution < -0.4 is 0 Å². The van der Waals surface area contributed by atoms with E-state index in [1.807, 2.05) is 0 Å². The molecule has 0 aromatic carbocycles. The van der Waals surface area contributed by atoms with Gasteiger partial charge in [-0.15, -0.1) is 0 Å². The van der Waals surface area contributed by atoms with Crippen molar-refractivity contribution in [1.82, 2.24) is 0 Å². The van der Waals surface area contributed by atoms with Gasteiger partial charge in [0.1, 0.15) is 0 Å². The van der Waals surface area contributed by atoms with Gasteiger partial charge < -0.3 is 5.11 Å². The summed E-state index contributed by atoms with van der Waals surface area (Å²) in [5.41, 5.74) is 2.96. The number of nitrogens with zero attached hydrogens (tertiary/aromatic N) is 1. The van der Waals surface area contributed by atoms with Gasteiger partial charge in [0, 0.05) is 13.0 Å². The summed E-state index contributed by atoms with van der Waals surface area (Å²) in [4.78, 5) is 0. The van der Waals surface area contributed by atoms with Gasteiger partial charge in [0.25, 0.3) is 0 Å². The van der Waals surface area contributed by atoms with E-state index in [-0.39, 0.29) is 6.61 Å². The van der Waals surface area contributed by atoms with Gasteiger partial charge in [0.15, 0.2) is 0 Å². The van der Waals surface area contributed by atoms with E-state index in [1.54, 1.807) is 0 Å². The normalized spacial score (nSPS) is 40.4. The number of nitriles is 1. The molecule has 0 heterocycles. The second-order valence-corrected chi connectivity index (χ2v) is 4.69. The van der Waals surface area contributed by atoms with E-state index in [0.29, 0.717) is 30.1 Å². The molecule has 1 unspecified atom stereocenters. The number of hydrogen-bond donors (Lipinski definition) is 1. The van der Waals surface area contributed by atoms with E-state index in [0.717, 1.165) is 0 Å². The lowest BCUT2D eigenvalue weighted by Crippen LogP contribution is -2.26. The van der Waals surface area contributed by atoms with Gasteiger partial charge in [-0.25, -0.2) is 0 Å². The lowest BCUT2D eigenvalue weighted by atomic mass is 9.76. The van der Waals surface area contributed by atoms with Crippen molar-refractivity contribution in [3.05, 3.63) is 11.1 Å². The second kappa shape index (κ2) is 3.40. The van der Waals surface area contributed by atoms with Crippen LogP contribution >= 0.6 is 0 Å². The Kier molecular flexibility index (Phi) is 2.36. The van der Waals surface area contributed by atoms with Crippen LogP contribution in [0.5, 0.6) is 0 Å². The molecule has 0 amide bonds. The van der Waals surface area contributed by atoms with Crippen LogP contribution in [-0.2, 0) is 0 Å². The van der Waals surface area contributed by atoms with Gasteiger partial charge in [-0.2, -0.15) is 5.26 Å². The number of aliphatic hydroxyl groups is 1. The Balaban J connectivity index is 2.27. The molecule has 14 heavy (non-hydrogen) atoms. The minimum atomic E-state index is 0.248. The number of allylic oxidation sites excluding steroid dienone is 2. The fourth-order valence-electron chi connectivity index (χ4n) is 3.46. The molecule has 2 heteroatoms. The minimum Gasteiger partial charge on any atom is -0.396 e. The summed E-state index contributed by atoms with van der Waals surface area (Å²) in [6, 6.07) is 2.26. The number of rotatable bonds is 2. The zero-order valence-electron chi connectivity index (χ0n) is 8.83. The summed E-state index contributed by atoms with van der Waals surface area (Å²) in [5.74, 6) is 1.90. The van der Waals surface area contributed by atoms with Crippen LogP contribution in [0.15, 0.2) is 11.1 Å². The maximum absolute atomic E-state index is 9.36. The molecule has 1 fully saturated rings. The first-order chi connectivity index (χ1) is 6.70. The van der Waals surface area contributed by atoms with E-state index >= 15 is 0 Å².